The highest BCUT2D eigenvalue weighted by atomic mass is 35.5. The molecule has 1 heterocycles. The van der Waals surface area contributed by atoms with Gasteiger partial charge in [-0.1, -0.05) is 92.8 Å². The van der Waals surface area contributed by atoms with Crippen LogP contribution in [0.25, 0.3) is 0 Å². The van der Waals surface area contributed by atoms with Gasteiger partial charge in [0.25, 0.3) is 23.7 Å². The first-order valence-electron chi connectivity index (χ1n) is 20.3. The van der Waals surface area contributed by atoms with E-state index >= 15 is 0 Å². The Kier molecular flexibility index (Phi) is 20.4. The molecule has 1 saturated carbocycles. The number of benzene rings is 2. The highest BCUT2D eigenvalue weighted by molar-refractivity contribution is 6.38. The quantitative estimate of drug-likeness (QED) is 0.0161. The van der Waals surface area contributed by atoms with Gasteiger partial charge in [-0.2, -0.15) is 0 Å². The Morgan fingerprint density at radius 1 is 0.814 bits per heavy atom. The number of carbonyl (C=O) groups excluding carboxylic acids is 6. The average Bonchev–Trinajstić information content (AvgIpc) is 3.83. The van der Waals surface area contributed by atoms with E-state index in [0.717, 1.165) is 57.8 Å². The van der Waals surface area contributed by atoms with Crippen molar-refractivity contribution in [3.05, 3.63) is 81.4 Å². The third-order valence-corrected chi connectivity index (χ3v) is 10.7. The molecule has 1 unspecified atom stereocenters. The number of aliphatic imine (C=N–C) groups is 1. The van der Waals surface area contributed by atoms with Crippen LogP contribution in [0.15, 0.2) is 59.6 Å². The summed E-state index contributed by atoms with van der Waals surface area (Å²) in [6.45, 7) is 0.593. The zero-order valence-corrected chi connectivity index (χ0v) is 34.2. The van der Waals surface area contributed by atoms with Gasteiger partial charge in [-0.05, 0) is 62.1 Å². The number of nitrogens with one attached hydrogen (secondary N) is 4. The van der Waals surface area contributed by atoms with Crippen molar-refractivity contribution in [1.82, 2.24) is 26.3 Å². The molecule has 0 saturated heterocycles. The summed E-state index contributed by atoms with van der Waals surface area (Å²) in [5, 5.41) is 18.0. The Hall–Kier alpha value is -5.42. The number of hydrazine groups is 1. The summed E-state index contributed by atoms with van der Waals surface area (Å²) in [5.74, 6) is -3.74. The molecule has 322 valence electrons. The van der Waals surface area contributed by atoms with E-state index in [1.165, 1.54) is 4.90 Å². The first kappa shape index (κ1) is 48.0. The number of guanidine groups is 1. The predicted octanol–water partition coefficient (Wildman–Crippen LogP) is 2.97. The maximum Gasteiger partial charge on any atom is 0.289 e. The van der Waals surface area contributed by atoms with Crippen LogP contribution in [0.1, 0.15) is 110 Å². The molecular weight excluding hydrogens is 782 g/mol. The predicted molar refractivity (Wildman–Crippen MR) is 224 cm³/mol. The fraction of sp³-hybridized carbons (Fsp3) is 0.537. The number of nitrogens with two attached hydrogens (primary N) is 2. The van der Waals surface area contributed by atoms with Crippen LogP contribution >= 0.6 is 12.4 Å². The molecule has 5 amide bonds. The minimum absolute atomic E-state index is 0. The normalized spacial score (nSPS) is 15.4. The molecule has 3 atom stereocenters. The summed E-state index contributed by atoms with van der Waals surface area (Å²) < 4.78 is 0. The van der Waals surface area contributed by atoms with E-state index in [4.69, 9.17) is 11.5 Å². The lowest BCUT2D eigenvalue weighted by molar-refractivity contribution is -0.525. The monoisotopic (exact) mass is 839 g/mol. The molecule has 1 aliphatic carbocycles. The summed E-state index contributed by atoms with van der Waals surface area (Å²) in [6.07, 6.45) is 9.88. The molecule has 1 fully saturated rings. The van der Waals surface area contributed by atoms with Gasteiger partial charge in [-0.15, -0.1) is 12.4 Å². The van der Waals surface area contributed by atoms with E-state index in [-0.39, 0.29) is 80.9 Å². The highest BCUT2D eigenvalue weighted by Crippen LogP contribution is 2.34. The number of nitrogens with zero attached hydrogens (tertiary/aromatic N) is 3. The SMILES string of the molecule is Cl.NCCNC(=O)C(=O)[C@H](Cc1ccccc1)NC(=O)[C@H](CCCN=C(N)N[N+](=O)[O-])NC(=O)C(CCCCCCCCN1C(=O)c2ccccc2C1=O)C1CCCC1. The summed E-state index contributed by atoms with van der Waals surface area (Å²) in [7, 11) is 0. The summed E-state index contributed by atoms with van der Waals surface area (Å²) >= 11 is 0. The molecule has 0 aromatic heterocycles. The van der Waals surface area contributed by atoms with Gasteiger partial charge >= 0.3 is 0 Å². The lowest BCUT2D eigenvalue weighted by Gasteiger charge is -2.27. The smallest absolute Gasteiger partial charge is 0.289 e. The Morgan fingerprint density at radius 2 is 1.41 bits per heavy atom. The number of unbranched alkanes of at least 4 members (excludes halogenated alkanes) is 5. The van der Waals surface area contributed by atoms with E-state index < -0.39 is 40.7 Å². The van der Waals surface area contributed by atoms with E-state index in [1.807, 2.05) is 0 Å². The number of fused-ring (bicyclic) bond motifs is 1. The fourth-order valence-electron chi connectivity index (χ4n) is 7.66. The van der Waals surface area contributed by atoms with Crippen LogP contribution in [-0.4, -0.2) is 89.5 Å². The first-order valence-corrected chi connectivity index (χ1v) is 20.3. The number of imide groups is 1. The third-order valence-electron chi connectivity index (χ3n) is 10.7. The maximum atomic E-state index is 14.1. The van der Waals surface area contributed by atoms with E-state index in [0.29, 0.717) is 36.1 Å². The second-order valence-corrected chi connectivity index (χ2v) is 14.9. The molecule has 2 aromatic carbocycles. The molecule has 0 bridgehead atoms. The number of halogens is 1. The van der Waals surface area contributed by atoms with Gasteiger partial charge in [-0.25, -0.2) is 15.1 Å². The Balaban J connectivity index is 0.00000930. The van der Waals surface area contributed by atoms with Crippen LogP contribution in [0.3, 0.4) is 0 Å². The molecule has 8 N–H and O–H groups in total. The van der Waals surface area contributed by atoms with Crippen LogP contribution in [0.5, 0.6) is 0 Å². The van der Waals surface area contributed by atoms with Crippen molar-refractivity contribution in [2.24, 2.45) is 28.3 Å². The first-order chi connectivity index (χ1) is 28.0. The van der Waals surface area contributed by atoms with Gasteiger partial charge < -0.3 is 27.4 Å². The molecule has 4 rings (SSSR count). The second-order valence-electron chi connectivity index (χ2n) is 14.9. The molecule has 1 aliphatic heterocycles. The lowest BCUT2D eigenvalue weighted by atomic mass is 9.85. The summed E-state index contributed by atoms with van der Waals surface area (Å²) in [4.78, 5) is 95.4. The second kappa shape index (κ2) is 25.2. The van der Waals surface area contributed by atoms with Crippen molar-refractivity contribution in [2.45, 2.75) is 102 Å². The number of rotatable bonds is 25. The van der Waals surface area contributed by atoms with E-state index in [9.17, 15) is 38.9 Å². The molecular formula is C41H58ClN9O8. The largest absolute Gasteiger partial charge is 0.365 e. The Morgan fingerprint density at radius 3 is 2.03 bits per heavy atom. The fourth-order valence-corrected chi connectivity index (χ4v) is 7.66. The van der Waals surface area contributed by atoms with Crippen molar-refractivity contribution in [3.8, 4) is 0 Å². The van der Waals surface area contributed by atoms with E-state index in [2.05, 4.69) is 20.9 Å². The van der Waals surface area contributed by atoms with Crippen LogP contribution in [0.2, 0.25) is 0 Å². The summed E-state index contributed by atoms with van der Waals surface area (Å²) in [6, 6.07) is 13.4. The minimum atomic E-state index is -1.23. The highest BCUT2D eigenvalue weighted by Gasteiger charge is 2.36. The van der Waals surface area contributed by atoms with Gasteiger partial charge in [0.05, 0.1) is 11.1 Å². The van der Waals surface area contributed by atoms with Crippen LogP contribution in [0.4, 0.5) is 0 Å². The topological polar surface area (TPSA) is 261 Å². The van der Waals surface area contributed by atoms with Crippen molar-refractivity contribution in [2.75, 3.05) is 26.2 Å². The number of nitro groups is 1. The maximum absolute atomic E-state index is 14.1. The number of hydrogen-bond acceptors (Lipinski definition) is 10. The van der Waals surface area contributed by atoms with Crippen molar-refractivity contribution in [3.63, 3.8) is 0 Å². The van der Waals surface area contributed by atoms with Crippen molar-refractivity contribution in [1.29, 1.82) is 0 Å². The zero-order chi connectivity index (χ0) is 41.9. The Bertz CT molecular complexity index is 1740. The van der Waals surface area contributed by atoms with Gasteiger partial charge in [0, 0.05) is 38.5 Å². The van der Waals surface area contributed by atoms with Crippen LogP contribution in [-0.2, 0) is 25.6 Å². The van der Waals surface area contributed by atoms with Crippen LogP contribution < -0.4 is 32.8 Å². The van der Waals surface area contributed by atoms with Crippen molar-refractivity contribution < 1.29 is 33.8 Å². The van der Waals surface area contributed by atoms with Gasteiger partial charge in [-0.3, -0.25) is 33.7 Å². The number of carbonyl (C=O) groups is 6. The molecule has 0 radical (unpaired) electrons. The number of ketones is 1. The number of hydrogen-bond donors (Lipinski definition) is 6. The van der Waals surface area contributed by atoms with Crippen LogP contribution in [0, 0.1) is 22.0 Å². The number of amides is 5. The minimum Gasteiger partial charge on any atom is -0.365 e. The van der Waals surface area contributed by atoms with Gasteiger partial charge in [0.15, 0.2) is 5.03 Å². The third kappa shape index (κ3) is 15.0. The summed E-state index contributed by atoms with van der Waals surface area (Å²) in [5.41, 5.74) is 14.4. The zero-order valence-electron chi connectivity index (χ0n) is 33.4. The molecule has 59 heavy (non-hydrogen) atoms. The average molecular weight is 840 g/mol. The molecule has 18 heteroatoms. The van der Waals surface area contributed by atoms with E-state index in [1.54, 1.807) is 60.0 Å². The standard InChI is InChI=1S/C41H57N9O8.ClH/c42-23-25-44-38(54)35(51)34(27-28-15-6-5-7-16-28)47-37(53)33(22-14-24-45-41(43)48-50(57)58)46-36(52)30(29-17-9-10-18-29)19-8-3-1-2-4-13-26-49-39(55)31-20-11-12-21-32(31)40(49)56;/h5-7,11-12,15-16,20-21,29-30,33-34H,1-4,8-10,13-14,17-19,22-27,42H2,(H,44,54)(H,46,52)(H,47,53)(H3,43,45,48);1H/t30?,33-,34-;/m0./s1. The molecule has 17 nitrogen and oxygen atoms in total. The van der Waals surface area contributed by atoms with Crippen molar-refractivity contribution >= 4 is 53.7 Å². The number of Topliss-reactive ketones (excluding diaryl/α,β-unsaturated/α-hetero) is 1. The molecule has 2 aromatic rings. The van der Waals surface area contributed by atoms with Gasteiger partial charge in [0.2, 0.25) is 17.6 Å². The lowest BCUT2D eigenvalue weighted by Crippen LogP contribution is -2.55. The Labute approximate surface area is 350 Å². The van der Waals surface area contributed by atoms with Gasteiger partial charge in [0.1, 0.15) is 12.1 Å². The molecule has 2 aliphatic rings. The molecule has 0 spiro atoms.